The van der Waals surface area contributed by atoms with E-state index in [1.165, 1.54) is 6.26 Å². The van der Waals surface area contributed by atoms with Crippen LogP contribution in [-0.4, -0.2) is 24.8 Å². The molecule has 0 saturated heterocycles. The highest BCUT2D eigenvalue weighted by molar-refractivity contribution is 7.92. The zero-order valence-electron chi connectivity index (χ0n) is 9.77. The number of benzene rings is 1. The van der Waals surface area contributed by atoms with Gasteiger partial charge in [-0.15, -0.1) is 11.6 Å². The lowest BCUT2D eigenvalue weighted by molar-refractivity contribution is 0.536. The molecule has 0 spiro atoms. The van der Waals surface area contributed by atoms with Crippen LogP contribution in [0.15, 0.2) is 30.3 Å². The molecule has 0 bridgehead atoms. The Hall–Kier alpha value is -0.540. The average molecular weight is 261 g/mol. The minimum absolute atomic E-state index is 0.426. The average Bonchev–Trinajstić information content (AvgIpc) is 2.17. The van der Waals surface area contributed by atoms with Crippen molar-refractivity contribution in [3.63, 3.8) is 0 Å². The zero-order chi connectivity index (χ0) is 12.4. The van der Waals surface area contributed by atoms with E-state index >= 15 is 0 Å². The van der Waals surface area contributed by atoms with Gasteiger partial charge in [0.1, 0.15) is 0 Å². The molecule has 1 aromatic rings. The molecule has 0 saturated carbocycles. The lowest BCUT2D eigenvalue weighted by Gasteiger charge is -2.28. The maximum absolute atomic E-state index is 11.6. The summed E-state index contributed by atoms with van der Waals surface area (Å²) in [4.78, 5) is 0. The summed E-state index contributed by atoms with van der Waals surface area (Å²) < 4.78 is 22.3. The van der Waals surface area contributed by atoms with Crippen molar-refractivity contribution in [2.24, 2.45) is 0 Å². The number of hydrogen-bond donors (Lipinski definition) is 0. The highest BCUT2D eigenvalue weighted by atomic mass is 35.5. The lowest BCUT2D eigenvalue weighted by Crippen LogP contribution is -2.41. The van der Waals surface area contributed by atoms with Gasteiger partial charge in [0.25, 0.3) is 0 Å². The first-order valence-corrected chi connectivity index (χ1v) is 7.45. The second-order valence-electron chi connectivity index (χ2n) is 4.53. The number of hydrogen-bond acceptors (Lipinski definition) is 2. The van der Waals surface area contributed by atoms with Crippen molar-refractivity contribution in [1.82, 2.24) is 0 Å². The Labute approximate surface area is 103 Å². The number of halogens is 1. The molecule has 1 aromatic carbocycles. The summed E-state index contributed by atoms with van der Waals surface area (Å²) in [6.07, 6.45) is 1.79. The maximum Gasteiger partial charge on any atom is 0.154 e. The molecule has 0 aliphatic heterocycles. The van der Waals surface area contributed by atoms with E-state index in [2.05, 4.69) is 0 Å². The van der Waals surface area contributed by atoms with E-state index in [9.17, 15) is 8.42 Å². The smallest absolute Gasteiger partial charge is 0.154 e. The van der Waals surface area contributed by atoms with E-state index in [0.717, 1.165) is 5.56 Å². The minimum Gasteiger partial charge on any atom is -0.229 e. The van der Waals surface area contributed by atoms with Gasteiger partial charge in [0.15, 0.2) is 9.84 Å². The van der Waals surface area contributed by atoms with E-state index < -0.39 is 20.0 Å². The Morgan fingerprint density at radius 3 is 2.19 bits per heavy atom. The predicted octanol–water partition coefficient (Wildman–Crippen LogP) is 2.66. The standard InChI is InChI=1S/C12H17ClO2S/c1-12(2,16(3,14)15)11(13)9-10-7-5-4-6-8-10/h4-8,11H,9H2,1-3H3. The summed E-state index contributed by atoms with van der Waals surface area (Å²) in [7, 11) is -3.15. The third-order valence-corrected chi connectivity index (χ3v) is 5.99. The molecular formula is C12H17ClO2S. The molecule has 2 nitrogen and oxygen atoms in total. The van der Waals surface area contributed by atoms with Gasteiger partial charge in [-0.25, -0.2) is 8.42 Å². The van der Waals surface area contributed by atoms with E-state index in [0.29, 0.717) is 6.42 Å². The minimum atomic E-state index is -3.15. The van der Waals surface area contributed by atoms with Gasteiger partial charge in [-0.1, -0.05) is 30.3 Å². The third-order valence-electron chi connectivity index (χ3n) is 2.97. The van der Waals surface area contributed by atoms with Crippen molar-refractivity contribution in [3.8, 4) is 0 Å². The van der Waals surface area contributed by atoms with Crippen LogP contribution in [0.2, 0.25) is 0 Å². The Bertz CT molecular complexity index is 437. The molecule has 0 N–H and O–H groups in total. The second-order valence-corrected chi connectivity index (χ2v) is 7.66. The molecule has 0 amide bonds. The molecule has 4 heteroatoms. The van der Waals surface area contributed by atoms with Crippen molar-refractivity contribution in [2.75, 3.05) is 6.26 Å². The monoisotopic (exact) mass is 260 g/mol. The number of rotatable bonds is 4. The molecular weight excluding hydrogens is 244 g/mol. The molecule has 0 radical (unpaired) electrons. The fourth-order valence-corrected chi connectivity index (χ4v) is 2.51. The first kappa shape index (κ1) is 13.5. The van der Waals surface area contributed by atoms with E-state index in [1.54, 1.807) is 13.8 Å². The maximum atomic E-state index is 11.6. The van der Waals surface area contributed by atoms with E-state index in [4.69, 9.17) is 11.6 Å². The van der Waals surface area contributed by atoms with Crippen LogP contribution in [-0.2, 0) is 16.3 Å². The van der Waals surface area contributed by atoms with Crippen LogP contribution < -0.4 is 0 Å². The molecule has 1 unspecified atom stereocenters. The summed E-state index contributed by atoms with van der Waals surface area (Å²) in [6.45, 7) is 3.34. The molecule has 90 valence electrons. The van der Waals surface area contributed by atoms with Gasteiger partial charge in [0, 0.05) is 6.26 Å². The molecule has 0 aliphatic rings. The van der Waals surface area contributed by atoms with Crippen molar-refractivity contribution >= 4 is 21.4 Å². The first-order valence-electron chi connectivity index (χ1n) is 5.13. The SMILES string of the molecule is CC(C)(C(Cl)Cc1ccccc1)S(C)(=O)=O. The van der Waals surface area contributed by atoms with Crippen LogP contribution in [0.25, 0.3) is 0 Å². The highest BCUT2D eigenvalue weighted by Gasteiger charge is 2.37. The summed E-state index contributed by atoms with van der Waals surface area (Å²) in [5.41, 5.74) is 1.05. The van der Waals surface area contributed by atoms with Gasteiger partial charge in [-0.2, -0.15) is 0 Å². The molecule has 0 fully saturated rings. The van der Waals surface area contributed by atoms with Crippen LogP contribution in [0.5, 0.6) is 0 Å². The van der Waals surface area contributed by atoms with Gasteiger partial charge in [0.2, 0.25) is 0 Å². The largest absolute Gasteiger partial charge is 0.229 e. The summed E-state index contributed by atoms with van der Waals surface area (Å²) in [6, 6.07) is 9.68. The quantitative estimate of drug-likeness (QED) is 0.780. The number of alkyl halides is 1. The summed E-state index contributed by atoms with van der Waals surface area (Å²) >= 11 is 6.21. The Kier molecular flexibility index (Phi) is 4.02. The Morgan fingerprint density at radius 2 is 1.75 bits per heavy atom. The van der Waals surface area contributed by atoms with Crippen LogP contribution in [0.3, 0.4) is 0 Å². The normalized spacial score (nSPS) is 14.8. The molecule has 1 atom stereocenters. The predicted molar refractivity (Wildman–Crippen MR) is 68.7 cm³/mol. The van der Waals surface area contributed by atoms with Gasteiger partial charge >= 0.3 is 0 Å². The molecule has 16 heavy (non-hydrogen) atoms. The van der Waals surface area contributed by atoms with E-state index in [1.807, 2.05) is 30.3 Å². The second kappa shape index (κ2) is 4.76. The van der Waals surface area contributed by atoms with Crippen molar-refractivity contribution in [1.29, 1.82) is 0 Å². The lowest BCUT2D eigenvalue weighted by atomic mass is 10.0. The Morgan fingerprint density at radius 1 is 1.25 bits per heavy atom. The van der Waals surface area contributed by atoms with Crippen LogP contribution in [0.4, 0.5) is 0 Å². The van der Waals surface area contributed by atoms with E-state index in [-0.39, 0.29) is 0 Å². The Balaban J connectivity index is 2.85. The molecule has 1 rings (SSSR count). The first-order chi connectivity index (χ1) is 7.25. The molecule has 0 aromatic heterocycles. The van der Waals surface area contributed by atoms with Gasteiger partial charge in [-0.3, -0.25) is 0 Å². The van der Waals surface area contributed by atoms with Crippen molar-refractivity contribution in [3.05, 3.63) is 35.9 Å². The summed E-state index contributed by atoms with van der Waals surface area (Å²) in [5, 5.41) is -0.426. The zero-order valence-corrected chi connectivity index (χ0v) is 11.3. The topological polar surface area (TPSA) is 34.1 Å². The highest BCUT2D eigenvalue weighted by Crippen LogP contribution is 2.27. The fraction of sp³-hybridized carbons (Fsp3) is 0.500. The number of sulfone groups is 1. The van der Waals surface area contributed by atoms with Gasteiger partial charge < -0.3 is 0 Å². The van der Waals surface area contributed by atoms with Crippen LogP contribution in [0, 0.1) is 0 Å². The van der Waals surface area contributed by atoms with Crippen molar-refractivity contribution < 1.29 is 8.42 Å². The fourth-order valence-electron chi connectivity index (χ4n) is 1.30. The summed E-state index contributed by atoms with van der Waals surface area (Å²) in [5.74, 6) is 0. The molecule has 0 heterocycles. The van der Waals surface area contributed by atoms with Crippen LogP contribution in [0.1, 0.15) is 19.4 Å². The third kappa shape index (κ3) is 2.98. The van der Waals surface area contributed by atoms with Gasteiger partial charge in [-0.05, 0) is 25.8 Å². The van der Waals surface area contributed by atoms with Crippen molar-refractivity contribution in [2.45, 2.75) is 30.4 Å². The molecule has 0 aliphatic carbocycles. The van der Waals surface area contributed by atoms with Gasteiger partial charge in [0.05, 0.1) is 10.1 Å². The van der Waals surface area contributed by atoms with Crippen LogP contribution >= 0.6 is 11.6 Å².